The van der Waals surface area contributed by atoms with Crippen LogP contribution in [0.25, 0.3) is 0 Å². The van der Waals surface area contributed by atoms with Crippen LogP contribution in [0.5, 0.6) is 0 Å². The molecule has 0 aliphatic carbocycles. The molecule has 94 valence electrons. The first-order valence-corrected chi connectivity index (χ1v) is 8.27. The van der Waals surface area contributed by atoms with Crippen LogP contribution in [0.2, 0.25) is 0 Å². The van der Waals surface area contributed by atoms with Crippen molar-refractivity contribution < 1.29 is 11.7 Å². The Kier molecular flexibility index (Phi) is 4.19. The van der Waals surface area contributed by atoms with Crippen molar-refractivity contribution in [3.8, 4) is 0 Å². The molecule has 0 aliphatic heterocycles. The van der Waals surface area contributed by atoms with Crippen molar-refractivity contribution in [3.05, 3.63) is 60.2 Å². The molecule has 0 radical (unpaired) electrons. The van der Waals surface area contributed by atoms with Gasteiger partial charge in [0.25, 0.3) is 0 Å². The minimum absolute atomic E-state index is 0.200. The van der Waals surface area contributed by atoms with Gasteiger partial charge in [0, 0.05) is 0 Å². The molecule has 0 aliphatic rings. The quantitative estimate of drug-likeness (QED) is 0.802. The summed E-state index contributed by atoms with van der Waals surface area (Å²) in [4.78, 5) is 0.200. The second-order valence-electron chi connectivity index (χ2n) is 3.73. The third-order valence-electron chi connectivity index (χ3n) is 2.27. The number of rotatable bonds is 4. The molecule has 2 aromatic rings. The summed E-state index contributed by atoms with van der Waals surface area (Å²) in [7, 11) is -3.65. The van der Waals surface area contributed by atoms with Gasteiger partial charge in [-0.25, -0.2) is 0 Å². The van der Waals surface area contributed by atoms with E-state index in [1.54, 1.807) is 24.3 Å². The topological polar surface area (TPSA) is 43.4 Å². The third-order valence-corrected chi connectivity index (χ3v) is 5.90. The number of hydrogen-bond donors (Lipinski definition) is 0. The van der Waals surface area contributed by atoms with Crippen molar-refractivity contribution in [1.29, 1.82) is 0 Å². The summed E-state index contributed by atoms with van der Waals surface area (Å²) in [5, 5.41) is 0. The van der Waals surface area contributed by atoms with Crippen LogP contribution < -0.4 is 4.46 Å². The van der Waals surface area contributed by atoms with E-state index in [0.29, 0.717) is 0 Å². The van der Waals surface area contributed by atoms with E-state index in [9.17, 15) is 8.42 Å². The Hall–Kier alpha value is -1.13. The van der Waals surface area contributed by atoms with Crippen LogP contribution in [-0.2, 0) is 13.4 Å². The predicted molar refractivity (Wildman–Crippen MR) is 71.3 cm³/mol. The summed E-state index contributed by atoms with van der Waals surface area (Å²) in [6, 6.07) is 15.9. The number of benzene rings is 2. The van der Waals surface area contributed by atoms with Gasteiger partial charge in [0.15, 0.2) is 0 Å². The standard InChI is InChI=1S/C13H12O3SSe/c1-11-7-9-12(10-8-11)17(14,15)16-18-13-5-3-2-4-6-13/h2-10H,1H3. The molecule has 0 atom stereocenters. The molecule has 0 aromatic heterocycles. The van der Waals surface area contributed by atoms with Gasteiger partial charge >= 0.3 is 114 Å². The first-order valence-electron chi connectivity index (χ1n) is 5.31. The van der Waals surface area contributed by atoms with Gasteiger partial charge in [-0.05, 0) is 0 Å². The first kappa shape index (κ1) is 13.3. The van der Waals surface area contributed by atoms with Crippen molar-refractivity contribution in [2.75, 3.05) is 0 Å². The molecule has 18 heavy (non-hydrogen) atoms. The van der Waals surface area contributed by atoms with E-state index in [1.807, 2.05) is 37.3 Å². The van der Waals surface area contributed by atoms with Gasteiger partial charge in [-0.15, -0.1) is 0 Å². The van der Waals surface area contributed by atoms with Gasteiger partial charge < -0.3 is 0 Å². The van der Waals surface area contributed by atoms with Gasteiger partial charge in [-0.1, -0.05) is 0 Å². The average Bonchev–Trinajstić information content (AvgIpc) is 2.38. The third kappa shape index (κ3) is 3.43. The van der Waals surface area contributed by atoms with Crippen molar-refractivity contribution in [1.82, 2.24) is 0 Å². The Bertz CT molecular complexity index is 606. The monoisotopic (exact) mass is 328 g/mol. The summed E-state index contributed by atoms with van der Waals surface area (Å²) in [6.45, 7) is 1.91. The molecule has 0 spiro atoms. The molecule has 5 heteroatoms. The molecule has 0 fully saturated rings. The summed E-state index contributed by atoms with van der Waals surface area (Å²) >= 11 is -0.537. The SMILES string of the molecule is Cc1ccc(S(=O)(=O)O[Se]c2ccccc2)cc1. The molecule has 0 saturated carbocycles. The number of aryl methyl sites for hydroxylation is 1. The molecule has 2 aromatic carbocycles. The van der Waals surface area contributed by atoms with E-state index in [2.05, 4.69) is 0 Å². The molecule has 0 saturated heterocycles. The van der Waals surface area contributed by atoms with E-state index in [4.69, 9.17) is 3.27 Å². The van der Waals surface area contributed by atoms with Crippen molar-refractivity contribution in [2.45, 2.75) is 11.8 Å². The van der Waals surface area contributed by atoms with Crippen LogP contribution in [0, 0.1) is 6.92 Å². The van der Waals surface area contributed by atoms with E-state index in [0.717, 1.165) is 10.0 Å². The molecule has 0 N–H and O–H groups in total. The molecular weight excluding hydrogens is 315 g/mol. The van der Waals surface area contributed by atoms with E-state index in [1.165, 1.54) is 0 Å². The molecule has 0 amide bonds. The van der Waals surface area contributed by atoms with Crippen LogP contribution >= 0.6 is 0 Å². The summed E-state index contributed by atoms with van der Waals surface area (Å²) in [6.07, 6.45) is 0. The van der Waals surface area contributed by atoms with Gasteiger partial charge in [0.2, 0.25) is 0 Å². The Labute approximate surface area is 113 Å². The van der Waals surface area contributed by atoms with Gasteiger partial charge in [-0.3, -0.25) is 0 Å². The summed E-state index contributed by atoms with van der Waals surface area (Å²) < 4.78 is 29.8. The fraction of sp³-hybridized carbons (Fsp3) is 0.0769. The molecule has 0 heterocycles. The fourth-order valence-corrected chi connectivity index (χ4v) is 4.14. The average molecular weight is 327 g/mol. The zero-order valence-corrected chi connectivity index (χ0v) is 12.3. The Morgan fingerprint density at radius 2 is 1.56 bits per heavy atom. The van der Waals surface area contributed by atoms with Gasteiger partial charge in [0.05, 0.1) is 0 Å². The minimum atomic E-state index is -3.65. The second-order valence-corrected chi connectivity index (χ2v) is 7.44. The van der Waals surface area contributed by atoms with Crippen LogP contribution in [0.3, 0.4) is 0 Å². The maximum absolute atomic E-state index is 11.9. The van der Waals surface area contributed by atoms with Crippen molar-refractivity contribution in [2.24, 2.45) is 0 Å². The Morgan fingerprint density at radius 1 is 0.944 bits per heavy atom. The molecule has 0 unspecified atom stereocenters. The predicted octanol–water partition coefficient (Wildman–Crippen LogP) is 1.65. The molecule has 2 rings (SSSR count). The van der Waals surface area contributed by atoms with Crippen LogP contribution in [0.1, 0.15) is 5.56 Å². The van der Waals surface area contributed by atoms with Crippen molar-refractivity contribution in [3.63, 3.8) is 0 Å². The van der Waals surface area contributed by atoms with Gasteiger partial charge in [0.1, 0.15) is 0 Å². The zero-order valence-electron chi connectivity index (χ0n) is 9.74. The van der Waals surface area contributed by atoms with Crippen LogP contribution in [0.15, 0.2) is 59.5 Å². The molecular formula is C13H12O3SSe. The molecule has 0 bridgehead atoms. The zero-order chi connectivity index (χ0) is 13.0. The first-order chi connectivity index (χ1) is 8.58. The van der Waals surface area contributed by atoms with Crippen LogP contribution in [-0.4, -0.2) is 23.7 Å². The van der Waals surface area contributed by atoms with E-state index < -0.39 is 25.4 Å². The number of hydrogen-bond acceptors (Lipinski definition) is 3. The summed E-state index contributed by atoms with van der Waals surface area (Å²) in [5.74, 6) is 0. The Balaban J connectivity index is 2.11. The van der Waals surface area contributed by atoms with E-state index in [-0.39, 0.29) is 4.90 Å². The van der Waals surface area contributed by atoms with Gasteiger partial charge in [-0.2, -0.15) is 0 Å². The molecule has 3 nitrogen and oxygen atoms in total. The van der Waals surface area contributed by atoms with Crippen LogP contribution in [0.4, 0.5) is 0 Å². The normalized spacial score (nSPS) is 11.4. The summed E-state index contributed by atoms with van der Waals surface area (Å²) in [5.41, 5.74) is 1.02. The fourth-order valence-electron chi connectivity index (χ4n) is 1.30. The maximum atomic E-state index is 11.9. The van der Waals surface area contributed by atoms with Crippen molar-refractivity contribution >= 4 is 29.9 Å². The van der Waals surface area contributed by atoms with E-state index >= 15 is 0 Å². The second kappa shape index (κ2) is 5.67. The Morgan fingerprint density at radius 3 is 2.17 bits per heavy atom.